The Labute approximate surface area is 123 Å². The summed E-state index contributed by atoms with van der Waals surface area (Å²) >= 11 is 1.57. The van der Waals surface area contributed by atoms with Crippen molar-refractivity contribution in [3.63, 3.8) is 0 Å². The monoisotopic (exact) mass is 293 g/mol. The van der Waals surface area contributed by atoms with Crippen LogP contribution in [-0.4, -0.2) is 40.2 Å². The molecule has 2 rings (SSSR count). The maximum Gasteiger partial charge on any atom is 0.308 e. The zero-order valence-electron chi connectivity index (χ0n) is 11.5. The van der Waals surface area contributed by atoms with Crippen LogP contribution >= 0.6 is 11.8 Å². The van der Waals surface area contributed by atoms with Crippen LogP contribution < -0.4 is 0 Å². The molecule has 1 aliphatic heterocycles. The van der Waals surface area contributed by atoms with Crippen molar-refractivity contribution in [3.8, 4) is 0 Å². The van der Waals surface area contributed by atoms with E-state index in [-0.39, 0.29) is 11.9 Å². The fraction of sp³-hybridized carbons (Fsp3) is 0.467. The molecule has 1 heterocycles. The Hall–Kier alpha value is -1.49. The smallest absolute Gasteiger partial charge is 0.308 e. The second kappa shape index (κ2) is 6.79. The van der Waals surface area contributed by atoms with E-state index in [9.17, 15) is 9.59 Å². The molecule has 1 aromatic rings. The topological polar surface area (TPSA) is 57.6 Å². The number of amides is 1. The number of carbonyl (C=O) groups excluding carboxylic acids is 1. The number of benzene rings is 1. The third kappa shape index (κ3) is 3.54. The van der Waals surface area contributed by atoms with Crippen molar-refractivity contribution in [2.45, 2.75) is 25.1 Å². The highest BCUT2D eigenvalue weighted by Crippen LogP contribution is 2.25. The van der Waals surface area contributed by atoms with Gasteiger partial charge in [0.1, 0.15) is 0 Å². The minimum Gasteiger partial charge on any atom is -0.481 e. The first-order valence-corrected chi connectivity index (χ1v) is 7.89. The Kier molecular flexibility index (Phi) is 5.06. The van der Waals surface area contributed by atoms with E-state index in [0.29, 0.717) is 18.7 Å². The van der Waals surface area contributed by atoms with E-state index in [2.05, 4.69) is 0 Å². The lowest BCUT2D eigenvalue weighted by Gasteiger charge is -2.23. The van der Waals surface area contributed by atoms with Crippen LogP contribution in [0, 0.1) is 5.92 Å². The van der Waals surface area contributed by atoms with Gasteiger partial charge in [0.05, 0.1) is 11.7 Å². The summed E-state index contributed by atoms with van der Waals surface area (Å²) in [6.07, 6.45) is 0.561. The van der Waals surface area contributed by atoms with Crippen molar-refractivity contribution in [2.75, 3.05) is 12.3 Å². The molecule has 1 aliphatic rings. The van der Waals surface area contributed by atoms with Crippen LogP contribution in [0.2, 0.25) is 0 Å². The van der Waals surface area contributed by atoms with Gasteiger partial charge >= 0.3 is 5.97 Å². The third-order valence-electron chi connectivity index (χ3n) is 3.73. The Morgan fingerprint density at radius 3 is 2.65 bits per heavy atom. The molecule has 4 nitrogen and oxygen atoms in total. The van der Waals surface area contributed by atoms with E-state index in [1.165, 1.54) is 5.56 Å². The van der Waals surface area contributed by atoms with Gasteiger partial charge in [0.25, 0.3) is 0 Å². The lowest BCUT2D eigenvalue weighted by molar-refractivity contribution is -0.142. The highest BCUT2D eigenvalue weighted by Gasteiger charge is 2.37. The van der Waals surface area contributed by atoms with Crippen molar-refractivity contribution in [2.24, 2.45) is 5.92 Å². The number of rotatable bonds is 5. The summed E-state index contributed by atoms with van der Waals surface area (Å²) in [6, 6.07) is 9.82. The molecule has 2 atom stereocenters. The first-order chi connectivity index (χ1) is 9.59. The Morgan fingerprint density at radius 1 is 1.35 bits per heavy atom. The van der Waals surface area contributed by atoms with Gasteiger partial charge in [0.2, 0.25) is 5.91 Å². The summed E-state index contributed by atoms with van der Waals surface area (Å²) in [5, 5.41) is 9.06. The lowest BCUT2D eigenvalue weighted by atomic mass is 10.0. The average Bonchev–Trinajstić information content (AvgIpc) is 2.82. The van der Waals surface area contributed by atoms with Gasteiger partial charge in [-0.2, -0.15) is 0 Å². The van der Waals surface area contributed by atoms with Crippen molar-refractivity contribution >= 4 is 23.6 Å². The van der Waals surface area contributed by atoms with Gasteiger partial charge in [-0.25, -0.2) is 0 Å². The predicted molar refractivity (Wildman–Crippen MR) is 79.5 cm³/mol. The number of carboxylic acid groups (broad SMARTS) is 1. The quantitative estimate of drug-likeness (QED) is 0.904. The zero-order chi connectivity index (χ0) is 14.5. The number of hydrogen-bond donors (Lipinski definition) is 1. The van der Waals surface area contributed by atoms with Crippen LogP contribution in [0.3, 0.4) is 0 Å². The molecule has 0 bridgehead atoms. The molecule has 1 fully saturated rings. The van der Waals surface area contributed by atoms with Crippen LogP contribution in [0.25, 0.3) is 0 Å². The molecule has 1 N–H and O–H groups in total. The molecule has 2 unspecified atom stereocenters. The van der Waals surface area contributed by atoms with E-state index in [1.807, 2.05) is 37.3 Å². The summed E-state index contributed by atoms with van der Waals surface area (Å²) in [4.78, 5) is 24.9. The molecule has 0 aliphatic carbocycles. The number of thioether (sulfide) groups is 1. The molecule has 1 aromatic carbocycles. The molecule has 1 saturated heterocycles. The Morgan fingerprint density at radius 2 is 2.05 bits per heavy atom. The summed E-state index contributed by atoms with van der Waals surface area (Å²) in [5.74, 6) is 0.0351. The van der Waals surface area contributed by atoms with Gasteiger partial charge in [0, 0.05) is 18.3 Å². The van der Waals surface area contributed by atoms with Crippen LogP contribution in [0.1, 0.15) is 18.9 Å². The minimum absolute atomic E-state index is 0.0437. The summed E-state index contributed by atoms with van der Waals surface area (Å²) in [7, 11) is 0. The van der Waals surface area contributed by atoms with Gasteiger partial charge in [-0.3, -0.25) is 9.59 Å². The molecule has 0 aromatic heterocycles. The fourth-order valence-electron chi connectivity index (χ4n) is 2.54. The van der Waals surface area contributed by atoms with Crippen molar-refractivity contribution in [3.05, 3.63) is 35.9 Å². The predicted octanol–water partition coefficient (Wildman–Crippen LogP) is 2.24. The van der Waals surface area contributed by atoms with Crippen LogP contribution in [0.5, 0.6) is 0 Å². The van der Waals surface area contributed by atoms with Crippen molar-refractivity contribution in [1.82, 2.24) is 4.90 Å². The second-order valence-corrected chi connectivity index (χ2v) is 6.03. The lowest BCUT2D eigenvalue weighted by Crippen LogP contribution is -2.38. The second-order valence-electron chi connectivity index (χ2n) is 5.04. The Balaban J connectivity index is 1.80. The fourth-order valence-corrected chi connectivity index (χ4v) is 3.41. The van der Waals surface area contributed by atoms with Gasteiger partial charge in [0.15, 0.2) is 0 Å². The number of nitrogens with zero attached hydrogens (tertiary/aromatic N) is 1. The number of likely N-dealkylation sites (tertiary alicyclic amines) is 1. The standard InChI is InChI=1S/C15H19NO3S/c1-11-13(15(18)19)7-8-16(11)14(17)10-20-9-12-5-3-2-4-6-12/h2-6,11,13H,7-10H2,1H3,(H,18,19). The molecule has 0 radical (unpaired) electrons. The highest BCUT2D eigenvalue weighted by atomic mass is 32.2. The number of carboxylic acids is 1. The highest BCUT2D eigenvalue weighted by molar-refractivity contribution is 7.99. The molecular formula is C15H19NO3S. The van der Waals surface area contributed by atoms with Crippen molar-refractivity contribution in [1.29, 1.82) is 0 Å². The molecule has 0 spiro atoms. The molecule has 5 heteroatoms. The SMILES string of the molecule is CC1C(C(=O)O)CCN1C(=O)CSCc1ccccc1. The van der Waals surface area contributed by atoms with Crippen LogP contribution in [0.15, 0.2) is 30.3 Å². The molecule has 1 amide bonds. The van der Waals surface area contributed by atoms with E-state index in [0.717, 1.165) is 5.75 Å². The largest absolute Gasteiger partial charge is 0.481 e. The number of aliphatic carboxylic acids is 1. The van der Waals surface area contributed by atoms with Gasteiger partial charge in [-0.05, 0) is 18.9 Å². The molecule has 20 heavy (non-hydrogen) atoms. The minimum atomic E-state index is -0.801. The van der Waals surface area contributed by atoms with E-state index < -0.39 is 11.9 Å². The van der Waals surface area contributed by atoms with Crippen LogP contribution in [-0.2, 0) is 15.3 Å². The molecular weight excluding hydrogens is 274 g/mol. The first kappa shape index (κ1) is 14.9. The normalized spacial score (nSPS) is 21.9. The third-order valence-corrected chi connectivity index (χ3v) is 4.72. The van der Waals surface area contributed by atoms with Gasteiger partial charge < -0.3 is 10.0 Å². The van der Waals surface area contributed by atoms with Gasteiger partial charge in [-0.15, -0.1) is 11.8 Å². The maximum atomic E-state index is 12.1. The maximum absolute atomic E-state index is 12.1. The van der Waals surface area contributed by atoms with Gasteiger partial charge in [-0.1, -0.05) is 30.3 Å². The van der Waals surface area contributed by atoms with Crippen LogP contribution in [0.4, 0.5) is 0 Å². The average molecular weight is 293 g/mol. The van der Waals surface area contributed by atoms with E-state index in [4.69, 9.17) is 5.11 Å². The number of carbonyl (C=O) groups is 2. The summed E-state index contributed by atoms with van der Waals surface area (Å²) in [5.41, 5.74) is 1.20. The first-order valence-electron chi connectivity index (χ1n) is 6.73. The summed E-state index contributed by atoms with van der Waals surface area (Å²) in [6.45, 7) is 2.38. The molecule has 0 saturated carbocycles. The number of hydrogen-bond acceptors (Lipinski definition) is 3. The van der Waals surface area contributed by atoms with E-state index in [1.54, 1.807) is 16.7 Å². The zero-order valence-corrected chi connectivity index (χ0v) is 12.3. The Bertz CT molecular complexity index is 477. The molecule has 108 valence electrons. The summed E-state index contributed by atoms with van der Waals surface area (Å²) < 4.78 is 0. The van der Waals surface area contributed by atoms with E-state index >= 15 is 0 Å². The van der Waals surface area contributed by atoms with Crippen molar-refractivity contribution < 1.29 is 14.7 Å².